The fourth-order valence-electron chi connectivity index (χ4n) is 3.98. The van der Waals surface area contributed by atoms with Crippen LogP contribution < -0.4 is 0 Å². The maximum atomic E-state index is 6.31. The summed E-state index contributed by atoms with van der Waals surface area (Å²) in [6.45, 7) is 13.6. The maximum Gasteiger partial charge on any atom is 0.0743 e. The Kier molecular flexibility index (Phi) is 6.75. The number of morpholine rings is 2. The predicted molar refractivity (Wildman–Crippen MR) is 102 cm³/mol. The van der Waals surface area contributed by atoms with Crippen molar-refractivity contribution >= 4 is 11.6 Å². The summed E-state index contributed by atoms with van der Waals surface area (Å²) in [5.74, 6) is 0. The van der Waals surface area contributed by atoms with Gasteiger partial charge in [0.25, 0.3) is 0 Å². The molecule has 4 nitrogen and oxygen atoms in total. The quantitative estimate of drug-likeness (QED) is 0.772. The Bertz CT molecular complexity index is 546. The summed E-state index contributed by atoms with van der Waals surface area (Å²) in [4.78, 5) is 5.09. The van der Waals surface area contributed by atoms with Crippen molar-refractivity contribution in [2.24, 2.45) is 5.41 Å². The molecular formula is C20H31ClN2O2. The van der Waals surface area contributed by atoms with Gasteiger partial charge < -0.3 is 9.47 Å². The summed E-state index contributed by atoms with van der Waals surface area (Å²) in [6, 6.07) is 8.09. The number of hydrogen-bond donors (Lipinski definition) is 0. The lowest BCUT2D eigenvalue weighted by atomic mass is 9.91. The van der Waals surface area contributed by atoms with Crippen LogP contribution >= 0.6 is 11.6 Å². The molecule has 2 aliphatic rings. The minimum absolute atomic E-state index is 0.229. The summed E-state index contributed by atoms with van der Waals surface area (Å²) in [5.41, 5.74) is 1.45. The molecule has 25 heavy (non-hydrogen) atoms. The Labute approximate surface area is 157 Å². The van der Waals surface area contributed by atoms with Gasteiger partial charge in [0.15, 0.2) is 0 Å². The number of nitrogens with zero attached hydrogens (tertiary/aromatic N) is 2. The average Bonchev–Trinajstić information content (AvgIpc) is 2.57. The second-order valence-corrected chi connectivity index (χ2v) is 8.48. The lowest BCUT2D eigenvalue weighted by Gasteiger charge is -2.41. The number of rotatable bonds is 6. The average molecular weight is 367 g/mol. The number of halogens is 1. The van der Waals surface area contributed by atoms with Crippen LogP contribution in [0.2, 0.25) is 5.02 Å². The van der Waals surface area contributed by atoms with E-state index in [1.165, 1.54) is 5.56 Å². The predicted octanol–water partition coefficient (Wildman–Crippen LogP) is 2.94. The third-order valence-corrected chi connectivity index (χ3v) is 5.40. The van der Waals surface area contributed by atoms with Crippen LogP contribution in [-0.2, 0) is 15.9 Å². The second-order valence-electron chi connectivity index (χ2n) is 8.08. The van der Waals surface area contributed by atoms with Crippen LogP contribution in [0.25, 0.3) is 0 Å². The first-order valence-corrected chi connectivity index (χ1v) is 9.77. The smallest absolute Gasteiger partial charge is 0.0743 e. The van der Waals surface area contributed by atoms with Crippen LogP contribution in [0.4, 0.5) is 0 Å². The van der Waals surface area contributed by atoms with E-state index >= 15 is 0 Å². The Morgan fingerprint density at radius 1 is 1.04 bits per heavy atom. The van der Waals surface area contributed by atoms with Crippen LogP contribution in [-0.4, -0.2) is 75.0 Å². The van der Waals surface area contributed by atoms with Crippen molar-refractivity contribution in [3.05, 3.63) is 34.9 Å². The molecule has 0 amide bonds. The normalized spacial score (nSPS) is 23.7. The van der Waals surface area contributed by atoms with Crippen LogP contribution in [0, 0.1) is 5.41 Å². The van der Waals surface area contributed by atoms with E-state index in [1.54, 1.807) is 0 Å². The topological polar surface area (TPSA) is 24.9 Å². The van der Waals surface area contributed by atoms with Gasteiger partial charge in [-0.25, -0.2) is 0 Å². The Morgan fingerprint density at radius 2 is 1.72 bits per heavy atom. The third-order valence-electron chi connectivity index (χ3n) is 5.04. The van der Waals surface area contributed by atoms with Crippen molar-refractivity contribution in [1.29, 1.82) is 0 Å². The first-order chi connectivity index (χ1) is 12.0. The molecule has 2 saturated heterocycles. The minimum atomic E-state index is 0.229. The molecule has 0 aliphatic carbocycles. The zero-order valence-corrected chi connectivity index (χ0v) is 16.3. The number of ether oxygens (including phenoxy) is 2. The van der Waals surface area contributed by atoms with Crippen LogP contribution in [0.1, 0.15) is 19.4 Å². The maximum absolute atomic E-state index is 6.31. The summed E-state index contributed by atoms with van der Waals surface area (Å²) in [6.07, 6.45) is 1.12. The molecule has 2 aliphatic heterocycles. The molecule has 2 heterocycles. The van der Waals surface area contributed by atoms with Gasteiger partial charge in [-0.2, -0.15) is 0 Å². The Hall–Kier alpha value is -0.650. The molecule has 1 atom stereocenters. The first-order valence-electron chi connectivity index (χ1n) is 9.39. The van der Waals surface area contributed by atoms with Crippen molar-refractivity contribution in [3.8, 4) is 0 Å². The highest BCUT2D eigenvalue weighted by atomic mass is 35.5. The second kappa shape index (κ2) is 8.83. The van der Waals surface area contributed by atoms with E-state index in [0.717, 1.165) is 70.5 Å². The molecule has 0 spiro atoms. The molecule has 3 rings (SSSR count). The van der Waals surface area contributed by atoms with E-state index in [1.807, 2.05) is 18.2 Å². The van der Waals surface area contributed by atoms with E-state index in [2.05, 4.69) is 29.7 Å². The van der Waals surface area contributed by atoms with Crippen molar-refractivity contribution in [1.82, 2.24) is 9.80 Å². The van der Waals surface area contributed by atoms with Gasteiger partial charge in [0.1, 0.15) is 0 Å². The Morgan fingerprint density at radius 3 is 2.48 bits per heavy atom. The third kappa shape index (κ3) is 5.93. The van der Waals surface area contributed by atoms with Crippen molar-refractivity contribution in [2.75, 3.05) is 59.1 Å². The molecule has 1 aromatic carbocycles. The number of hydrogen-bond acceptors (Lipinski definition) is 4. The highest BCUT2D eigenvalue weighted by molar-refractivity contribution is 6.31. The van der Waals surface area contributed by atoms with E-state index in [-0.39, 0.29) is 11.5 Å². The molecular weight excluding hydrogens is 336 g/mol. The van der Waals surface area contributed by atoms with Crippen molar-refractivity contribution < 1.29 is 9.47 Å². The zero-order valence-electron chi connectivity index (χ0n) is 15.5. The standard InChI is InChI=1S/C20H31ClN2O2/c1-20(2,15-22-7-10-24-11-8-22)16-23-9-12-25-18(14-23)13-17-5-3-4-6-19(17)21/h3-6,18H,7-16H2,1-2H3. The van der Waals surface area contributed by atoms with Crippen LogP contribution in [0.5, 0.6) is 0 Å². The zero-order chi connectivity index (χ0) is 17.7. The summed E-state index contributed by atoms with van der Waals surface area (Å²) >= 11 is 6.31. The van der Waals surface area contributed by atoms with Gasteiger partial charge in [0.2, 0.25) is 0 Å². The minimum Gasteiger partial charge on any atom is -0.379 e. The lowest BCUT2D eigenvalue weighted by Crippen LogP contribution is -2.50. The largest absolute Gasteiger partial charge is 0.379 e. The molecule has 1 aromatic rings. The lowest BCUT2D eigenvalue weighted by molar-refractivity contribution is -0.0439. The van der Waals surface area contributed by atoms with Gasteiger partial charge in [0, 0.05) is 50.7 Å². The fourth-order valence-corrected chi connectivity index (χ4v) is 4.19. The van der Waals surface area contributed by atoms with Crippen LogP contribution in [0.3, 0.4) is 0 Å². The monoisotopic (exact) mass is 366 g/mol. The molecule has 0 saturated carbocycles. The summed E-state index contributed by atoms with van der Waals surface area (Å²) < 4.78 is 11.5. The fraction of sp³-hybridized carbons (Fsp3) is 0.700. The van der Waals surface area contributed by atoms with Crippen molar-refractivity contribution in [2.45, 2.75) is 26.4 Å². The van der Waals surface area contributed by atoms with Gasteiger partial charge in [-0.3, -0.25) is 9.80 Å². The van der Waals surface area contributed by atoms with Crippen molar-refractivity contribution in [3.63, 3.8) is 0 Å². The summed E-state index contributed by atoms with van der Waals surface area (Å²) in [7, 11) is 0. The molecule has 0 aromatic heterocycles. The molecule has 2 fully saturated rings. The summed E-state index contributed by atoms with van der Waals surface area (Å²) in [5, 5.41) is 0.843. The van der Waals surface area contributed by atoms with E-state index in [0.29, 0.717) is 0 Å². The molecule has 140 valence electrons. The molecule has 0 radical (unpaired) electrons. The SMILES string of the molecule is CC(C)(CN1CCOCC1)CN1CCOC(Cc2ccccc2Cl)C1. The molecule has 0 bridgehead atoms. The molecule has 5 heteroatoms. The van der Waals surface area contributed by atoms with Gasteiger partial charge in [-0.15, -0.1) is 0 Å². The molecule has 1 unspecified atom stereocenters. The highest BCUT2D eigenvalue weighted by Gasteiger charge is 2.29. The van der Waals surface area contributed by atoms with E-state index in [4.69, 9.17) is 21.1 Å². The van der Waals surface area contributed by atoms with E-state index in [9.17, 15) is 0 Å². The van der Waals surface area contributed by atoms with E-state index < -0.39 is 0 Å². The van der Waals surface area contributed by atoms with Crippen LogP contribution in [0.15, 0.2) is 24.3 Å². The first kappa shape index (κ1) is 19.1. The Balaban J connectivity index is 1.51. The molecule has 0 N–H and O–H groups in total. The van der Waals surface area contributed by atoms with Gasteiger partial charge in [0.05, 0.1) is 25.9 Å². The number of benzene rings is 1. The van der Waals surface area contributed by atoms with Gasteiger partial charge >= 0.3 is 0 Å². The highest BCUT2D eigenvalue weighted by Crippen LogP contribution is 2.23. The van der Waals surface area contributed by atoms with Gasteiger partial charge in [-0.05, 0) is 17.0 Å². The van der Waals surface area contributed by atoms with Gasteiger partial charge in [-0.1, -0.05) is 43.6 Å².